The zero-order valence-electron chi connectivity index (χ0n) is 9.54. The fourth-order valence-electron chi connectivity index (χ4n) is 1.37. The standard InChI is InChI=1S/C12H15BrFNO2/c1-8(7-16)15-12(17)5-3-9-2-4-10(13)6-11(9)14/h2,4,6,8,16H,3,5,7H2,1H3,(H,15,17). The molecule has 1 aromatic rings. The van der Waals surface area contributed by atoms with E-state index in [1.54, 1.807) is 19.1 Å². The zero-order valence-corrected chi connectivity index (χ0v) is 11.1. The minimum absolute atomic E-state index is 0.0988. The molecule has 0 saturated heterocycles. The highest BCUT2D eigenvalue weighted by Crippen LogP contribution is 2.16. The predicted molar refractivity (Wildman–Crippen MR) is 67.1 cm³/mol. The van der Waals surface area contributed by atoms with Gasteiger partial charge in [0.1, 0.15) is 5.82 Å². The van der Waals surface area contributed by atoms with E-state index in [1.165, 1.54) is 6.07 Å². The summed E-state index contributed by atoms with van der Waals surface area (Å²) in [6, 6.07) is 4.51. The molecule has 3 nitrogen and oxygen atoms in total. The third-order valence-corrected chi connectivity index (χ3v) is 2.81. The molecule has 0 fully saturated rings. The van der Waals surface area contributed by atoms with Crippen molar-refractivity contribution in [2.75, 3.05) is 6.61 Å². The number of carbonyl (C=O) groups is 1. The Morgan fingerprint density at radius 1 is 1.59 bits per heavy atom. The van der Waals surface area contributed by atoms with Gasteiger partial charge in [0, 0.05) is 16.9 Å². The molecule has 5 heteroatoms. The van der Waals surface area contributed by atoms with Crippen molar-refractivity contribution in [1.29, 1.82) is 0 Å². The third-order valence-electron chi connectivity index (χ3n) is 2.32. The van der Waals surface area contributed by atoms with E-state index in [-0.39, 0.29) is 30.8 Å². The molecule has 0 bridgehead atoms. The van der Waals surface area contributed by atoms with E-state index >= 15 is 0 Å². The van der Waals surface area contributed by atoms with E-state index in [0.29, 0.717) is 16.5 Å². The number of halogens is 2. The van der Waals surface area contributed by atoms with Crippen LogP contribution in [0.25, 0.3) is 0 Å². The summed E-state index contributed by atoms with van der Waals surface area (Å²) in [5.74, 6) is -0.503. The van der Waals surface area contributed by atoms with Gasteiger partial charge in [-0.1, -0.05) is 22.0 Å². The summed E-state index contributed by atoms with van der Waals surface area (Å²) in [5, 5.41) is 11.4. The molecule has 1 aromatic carbocycles. The van der Waals surface area contributed by atoms with Gasteiger partial charge in [-0.25, -0.2) is 4.39 Å². The molecule has 1 atom stereocenters. The lowest BCUT2D eigenvalue weighted by atomic mass is 10.1. The topological polar surface area (TPSA) is 49.3 Å². The van der Waals surface area contributed by atoms with Crippen LogP contribution in [-0.4, -0.2) is 23.7 Å². The number of aliphatic hydroxyl groups excluding tert-OH is 1. The first-order chi connectivity index (χ1) is 8.02. The van der Waals surface area contributed by atoms with Gasteiger partial charge in [0.05, 0.1) is 6.61 Å². The van der Waals surface area contributed by atoms with Gasteiger partial charge in [-0.15, -0.1) is 0 Å². The number of benzene rings is 1. The number of rotatable bonds is 5. The average Bonchev–Trinajstić information content (AvgIpc) is 2.27. The zero-order chi connectivity index (χ0) is 12.8. The molecule has 0 aliphatic carbocycles. The Hall–Kier alpha value is -0.940. The molecule has 0 heterocycles. The molecule has 1 unspecified atom stereocenters. The van der Waals surface area contributed by atoms with Crippen molar-refractivity contribution in [2.45, 2.75) is 25.8 Å². The molecule has 17 heavy (non-hydrogen) atoms. The summed E-state index contributed by atoms with van der Waals surface area (Å²) in [5.41, 5.74) is 0.514. The number of amides is 1. The van der Waals surface area contributed by atoms with Gasteiger partial charge < -0.3 is 10.4 Å². The summed E-state index contributed by atoms with van der Waals surface area (Å²) in [7, 11) is 0. The lowest BCUT2D eigenvalue weighted by Crippen LogP contribution is -2.35. The molecule has 2 N–H and O–H groups in total. The second-order valence-corrected chi connectivity index (χ2v) is 4.80. The second-order valence-electron chi connectivity index (χ2n) is 3.89. The van der Waals surface area contributed by atoms with E-state index < -0.39 is 0 Å². The van der Waals surface area contributed by atoms with E-state index in [9.17, 15) is 9.18 Å². The minimum Gasteiger partial charge on any atom is -0.394 e. The van der Waals surface area contributed by atoms with Crippen molar-refractivity contribution in [3.8, 4) is 0 Å². The quantitative estimate of drug-likeness (QED) is 0.874. The van der Waals surface area contributed by atoms with Crippen molar-refractivity contribution in [2.24, 2.45) is 0 Å². The summed E-state index contributed by atoms with van der Waals surface area (Å²) in [6.45, 7) is 1.61. The maximum Gasteiger partial charge on any atom is 0.220 e. The first-order valence-electron chi connectivity index (χ1n) is 5.37. The summed E-state index contributed by atoms with van der Waals surface area (Å²) in [4.78, 5) is 11.4. The number of hydrogen-bond acceptors (Lipinski definition) is 2. The van der Waals surface area contributed by atoms with E-state index in [1.807, 2.05) is 0 Å². The smallest absolute Gasteiger partial charge is 0.220 e. The molecule has 0 aliphatic rings. The fourth-order valence-corrected chi connectivity index (χ4v) is 1.70. The first-order valence-corrected chi connectivity index (χ1v) is 6.16. The van der Waals surface area contributed by atoms with Crippen molar-refractivity contribution >= 4 is 21.8 Å². The van der Waals surface area contributed by atoms with Crippen LogP contribution in [0.2, 0.25) is 0 Å². The molecule has 1 rings (SSSR count). The average molecular weight is 304 g/mol. The third kappa shape index (κ3) is 4.83. The Bertz CT molecular complexity index is 398. The monoisotopic (exact) mass is 303 g/mol. The first kappa shape index (κ1) is 14.1. The Morgan fingerprint density at radius 3 is 2.88 bits per heavy atom. The lowest BCUT2D eigenvalue weighted by molar-refractivity contribution is -0.121. The van der Waals surface area contributed by atoms with Gasteiger partial charge >= 0.3 is 0 Å². The Morgan fingerprint density at radius 2 is 2.29 bits per heavy atom. The summed E-state index contributed by atoms with van der Waals surface area (Å²) >= 11 is 3.17. The van der Waals surface area contributed by atoms with Crippen LogP contribution in [0.3, 0.4) is 0 Å². The van der Waals surface area contributed by atoms with Crippen molar-refractivity contribution < 1.29 is 14.3 Å². The van der Waals surface area contributed by atoms with Gasteiger partial charge in [-0.2, -0.15) is 0 Å². The number of carbonyl (C=O) groups excluding carboxylic acids is 1. The number of nitrogens with one attached hydrogen (secondary N) is 1. The summed E-state index contributed by atoms with van der Waals surface area (Å²) < 4.78 is 14.1. The van der Waals surface area contributed by atoms with Crippen LogP contribution < -0.4 is 5.32 Å². The Labute approximate surface area is 108 Å². The van der Waals surface area contributed by atoms with Crippen LogP contribution in [-0.2, 0) is 11.2 Å². The molecular formula is C12H15BrFNO2. The lowest BCUT2D eigenvalue weighted by Gasteiger charge is -2.10. The van der Waals surface area contributed by atoms with Gasteiger partial charge in [0.2, 0.25) is 5.91 Å². The van der Waals surface area contributed by atoms with Crippen LogP contribution in [0.1, 0.15) is 18.9 Å². The molecular weight excluding hydrogens is 289 g/mol. The van der Waals surface area contributed by atoms with Crippen LogP contribution in [0.15, 0.2) is 22.7 Å². The second kappa shape index (κ2) is 6.71. The molecule has 0 radical (unpaired) electrons. The molecule has 0 aromatic heterocycles. The number of aryl methyl sites for hydroxylation is 1. The number of aliphatic hydroxyl groups is 1. The van der Waals surface area contributed by atoms with Gasteiger partial charge in [-0.3, -0.25) is 4.79 Å². The van der Waals surface area contributed by atoms with Crippen LogP contribution in [0.5, 0.6) is 0 Å². The maximum atomic E-state index is 13.4. The van der Waals surface area contributed by atoms with Gasteiger partial charge in [0.25, 0.3) is 0 Å². The predicted octanol–water partition coefficient (Wildman–Crippen LogP) is 2.02. The van der Waals surface area contributed by atoms with E-state index in [4.69, 9.17) is 5.11 Å². The Balaban J connectivity index is 2.47. The minimum atomic E-state index is -0.317. The maximum absolute atomic E-state index is 13.4. The van der Waals surface area contributed by atoms with Crippen LogP contribution in [0, 0.1) is 5.82 Å². The highest BCUT2D eigenvalue weighted by atomic mass is 79.9. The highest BCUT2D eigenvalue weighted by molar-refractivity contribution is 9.10. The molecule has 1 amide bonds. The molecule has 0 saturated carbocycles. The van der Waals surface area contributed by atoms with Crippen molar-refractivity contribution in [3.63, 3.8) is 0 Å². The van der Waals surface area contributed by atoms with Crippen molar-refractivity contribution in [3.05, 3.63) is 34.1 Å². The SMILES string of the molecule is CC(CO)NC(=O)CCc1ccc(Br)cc1F. The van der Waals surface area contributed by atoms with Gasteiger partial charge in [0.15, 0.2) is 0 Å². The highest BCUT2D eigenvalue weighted by Gasteiger charge is 2.08. The molecule has 0 spiro atoms. The largest absolute Gasteiger partial charge is 0.394 e. The van der Waals surface area contributed by atoms with E-state index in [2.05, 4.69) is 21.2 Å². The van der Waals surface area contributed by atoms with Gasteiger partial charge in [-0.05, 0) is 31.0 Å². The summed E-state index contributed by atoms with van der Waals surface area (Å²) in [6.07, 6.45) is 0.561. The number of hydrogen-bond donors (Lipinski definition) is 2. The normalized spacial score (nSPS) is 12.2. The van der Waals surface area contributed by atoms with Crippen LogP contribution in [0.4, 0.5) is 4.39 Å². The van der Waals surface area contributed by atoms with E-state index in [0.717, 1.165) is 0 Å². The fraction of sp³-hybridized carbons (Fsp3) is 0.417. The van der Waals surface area contributed by atoms with Crippen molar-refractivity contribution in [1.82, 2.24) is 5.32 Å². The Kier molecular flexibility index (Phi) is 5.58. The van der Waals surface area contributed by atoms with Crippen LogP contribution >= 0.6 is 15.9 Å². The molecule has 94 valence electrons. The molecule has 0 aliphatic heterocycles.